The molecule has 2 heterocycles. The van der Waals surface area contributed by atoms with Crippen LogP contribution in [0.5, 0.6) is 5.75 Å². The lowest BCUT2D eigenvalue weighted by atomic mass is 10.2. The SMILES string of the molecule is COCCOc1ccc2c(Nc3ccc(NC(=O)CC(=O)O)cn3)ncnc2c1. The van der Waals surface area contributed by atoms with Gasteiger partial charge in [-0.2, -0.15) is 0 Å². The Morgan fingerprint density at radius 3 is 2.69 bits per heavy atom. The number of fused-ring (bicyclic) bond motifs is 1. The number of nitrogens with one attached hydrogen (secondary N) is 2. The van der Waals surface area contributed by atoms with E-state index in [4.69, 9.17) is 14.6 Å². The minimum absolute atomic E-state index is 0.396. The number of aromatic nitrogens is 3. The van der Waals surface area contributed by atoms with Crippen molar-refractivity contribution in [1.29, 1.82) is 0 Å². The minimum atomic E-state index is -1.20. The summed E-state index contributed by atoms with van der Waals surface area (Å²) in [5.74, 6) is -0.0731. The van der Waals surface area contributed by atoms with Gasteiger partial charge in [-0.15, -0.1) is 0 Å². The van der Waals surface area contributed by atoms with Crippen LogP contribution in [0.1, 0.15) is 6.42 Å². The summed E-state index contributed by atoms with van der Waals surface area (Å²) < 4.78 is 10.6. The van der Waals surface area contributed by atoms with Gasteiger partial charge in [-0.05, 0) is 24.3 Å². The number of rotatable bonds is 9. The van der Waals surface area contributed by atoms with Crippen LogP contribution in [-0.4, -0.2) is 52.3 Å². The highest BCUT2D eigenvalue weighted by molar-refractivity contribution is 6.01. The van der Waals surface area contributed by atoms with Gasteiger partial charge in [0.05, 0.1) is 24.0 Å². The molecule has 10 nitrogen and oxygen atoms in total. The third kappa shape index (κ3) is 5.59. The van der Waals surface area contributed by atoms with Crippen molar-refractivity contribution in [2.45, 2.75) is 6.42 Å². The van der Waals surface area contributed by atoms with Crippen molar-refractivity contribution >= 4 is 40.1 Å². The number of carboxylic acid groups (broad SMARTS) is 1. The van der Waals surface area contributed by atoms with E-state index in [2.05, 4.69) is 25.6 Å². The first kappa shape index (κ1) is 20.0. The molecule has 0 saturated carbocycles. The first-order valence-corrected chi connectivity index (χ1v) is 8.66. The Morgan fingerprint density at radius 1 is 1.10 bits per heavy atom. The number of nitrogens with zero attached hydrogens (tertiary/aromatic N) is 3. The third-order valence-corrected chi connectivity index (χ3v) is 3.77. The smallest absolute Gasteiger partial charge is 0.312 e. The highest BCUT2D eigenvalue weighted by atomic mass is 16.5. The second-order valence-electron chi connectivity index (χ2n) is 5.92. The van der Waals surface area contributed by atoms with E-state index in [1.807, 2.05) is 18.2 Å². The van der Waals surface area contributed by atoms with Crippen molar-refractivity contribution in [3.63, 3.8) is 0 Å². The van der Waals surface area contributed by atoms with Gasteiger partial charge in [0.25, 0.3) is 0 Å². The zero-order valence-electron chi connectivity index (χ0n) is 15.6. The lowest BCUT2D eigenvalue weighted by molar-refractivity contribution is -0.139. The fourth-order valence-corrected chi connectivity index (χ4v) is 2.47. The lowest BCUT2D eigenvalue weighted by Crippen LogP contribution is -2.16. The second kappa shape index (κ2) is 9.42. The molecule has 0 unspecified atom stereocenters. The zero-order valence-corrected chi connectivity index (χ0v) is 15.6. The van der Waals surface area contributed by atoms with Crippen molar-refractivity contribution < 1.29 is 24.2 Å². The van der Waals surface area contributed by atoms with Gasteiger partial charge in [0, 0.05) is 18.6 Å². The quantitative estimate of drug-likeness (QED) is 0.367. The molecule has 3 N–H and O–H groups in total. The van der Waals surface area contributed by atoms with Crippen LogP contribution in [-0.2, 0) is 14.3 Å². The van der Waals surface area contributed by atoms with Crippen LogP contribution >= 0.6 is 0 Å². The van der Waals surface area contributed by atoms with Crippen LogP contribution in [0.15, 0.2) is 42.9 Å². The Hall–Kier alpha value is -3.79. The molecule has 0 aliphatic rings. The molecule has 150 valence electrons. The fourth-order valence-electron chi connectivity index (χ4n) is 2.47. The summed E-state index contributed by atoms with van der Waals surface area (Å²) >= 11 is 0. The van der Waals surface area contributed by atoms with Gasteiger partial charge in [-0.1, -0.05) is 0 Å². The van der Waals surface area contributed by atoms with Gasteiger partial charge in [0.1, 0.15) is 36.7 Å². The van der Waals surface area contributed by atoms with E-state index in [0.717, 1.165) is 5.39 Å². The van der Waals surface area contributed by atoms with E-state index >= 15 is 0 Å². The maximum Gasteiger partial charge on any atom is 0.312 e. The summed E-state index contributed by atoms with van der Waals surface area (Å²) in [4.78, 5) is 34.8. The number of benzene rings is 1. The standard InChI is InChI=1S/C19H19N5O5/c1-28-6-7-29-13-3-4-14-15(8-13)21-11-22-19(14)24-16-5-2-12(10-20-16)23-17(25)9-18(26)27/h2-5,8,10-11H,6-7,9H2,1H3,(H,23,25)(H,26,27)(H,20,21,22,24). The van der Waals surface area contributed by atoms with Crippen molar-refractivity contribution in [2.24, 2.45) is 0 Å². The van der Waals surface area contributed by atoms with Gasteiger partial charge < -0.3 is 25.2 Å². The van der Waals surface area contributed by atoms with Crippen LogP contribution in [0.2, 0.25) is 0 Å². The van der Waals surface area contributed by atoms with E-state index in [0.29, 0.717) is 41.8 Å². The Labute approximate surface area is 165 Å². The van der Waals surface area contributed by atoms with Crippen molar-refractivity contribution in [2.75, 3.05) is 31.0 Å². The molecule has 0 saturated heterocycles. The highest BCUT2D eigenvalue weighted by Crippen LogP contribution is 2.26. The molecule has 0 aliphatic heterocycles. The third-order valence-electron chi connectivity index (χ3n) is 3.77. The lowest BCUT2D eigenvalue weighted by Gasteiger charge is -2.10. The summed E-state index contributed by atoms with van der Waals surface area (Å²) in [7, 11) is 1.61. The number of carbonyl (C=O) groups is 2. The Bertz CT molecular complexity index is 1010. The number of hydrogen-bond acceptors (Lipinski definition) is 8. The van der Waals surface area contributed by atoms with E-state index in [9.17, 15) is 9.59 Å². The zero-order chi connectivity index (χ0) is 20.6. The Kier molecular flexibility index (Phi) is 6.48. The topological polar surface area (TPSA) is 136 Å². The van der Waals surface area contributed by atoms with Crippen molar-refractivity contribution in [3.8, 4) is 5.75 Å². The van der Waals surface area contributed by atoms with Gasteiger partial charge in [-0.25, -0.2) is 15.0 Å². The van der Waals surface area contributed by atoms with E-state index < -0.39 is 18.3 Å². The molecule has 29 heavy (non-hydrogen) atoms. The number of hydrogen-bond donors (Lipinski definition) is 3. The van der Waals surface area contributed by atoms with Gasteiger partial charge in [0.2, 0.25) is 5.91 Å². The first-order valence-electron chi connectivity index (χ1n) is 8.66. The van der Waals surface area contributed by atoms with E-state index in [1.165, 1.54) is 12.5 Å². The molecule has 1 amide bonds. The van der Waals surface area contributed by atoms with Gasteiger partial charge in [0.15, 0.2) is 0 Å². The molecule has 3 rings (SSSR count). The molecule has 0 radical (unpaired) electrons. The molecule has 0 bridgehead atoms. The molecule has 10 heteroatoms. The summed E-state index contributed by atoms with van der Waals surface area (Å²) in [5, 5.41) is 15.0. The number of aliphatic carboxylic acids is 1. The summed E-state index contributed by atoms with van der Waals surface area (Å²) in [6.45, 7) is 0.935. The second-order valence-corrected chi connectivity index (χ2v) is 5.92. The predicted molar refractivity (Wildman–Crippen MR) is 105 cm³/mol. The molecular formula is C19H19N5O5. The fraction of sp³-hybridized carbons (Fsp3) is 0.211. The normalized spacial score (nSPS) is 10.5. The molecule has 3 aromatic rings. The van der Waals surface area contributed by atoms with Crippen LogP contribution < -0.4 is 15.4 Å². The van der Waals surface area contributed by atoms with E-state index in [1.54, 1.807) is 19.2 Å². The average Bonchev–Trinajstić information content (AvgIpc) is 2.69. The number of carbonyl (C=O) groups excluding carboxylic acids is 1. The van der Waals surface area contributed by atoms with Gasteiger partial charge in [-0.3, -0.25) is 9.59 Å². The molecular weight excluding hydrogens is 378 g/mol. The number of carboxylic acids is 1. The first-order chi connectivity index (χ1) is 14.0. The Morgan fingerprint density at radius 2 is 1.97 bits per heavy atom. The molecule has 0 spiro atoms. The maximum atomic E-state index is 11.5. The number of pyridine rings is 1. The largest absolute Gasteiger partial charge is 0.491 e. The number of methoxy groups -OCH3 is 1. The van der Waals surface area contributed by atoms with Crippen molar-refractivity contribution in [3.05, 3.63) is 42.9 Å². The van der Waals surface area contributed by atoms with Crippen LogP contribution in [0.4, 0.5) is 17.3 Å². The number of amides is 1. The van der Waals surface area contributed by atoms with Crippen LogP contribution in [0.3, 0.4) is 0 Å². The summed E-state index contributed by atoms with van der Waals surface area (Å²) in [5.41, 5.74) is 1.10. The van der Waals surface area contributed by atoms with Crippen molar-refractivity contribution in [1.82, 2.24) is 15.0 Å². The molecule has 0 fully saturated rings. The molecule has 1 aromatic carbocycles. The number of ether oxygens (including phenoxy) is 2. The van der Waals surface area contributed by atoms with Gasteiger partial charge >= 0.3 is 5.97 Å². The predicted octanol–water partition coefficient (Wildman–Crippen LogP) is 2.21. The number of anilines is 3. The minimum Gasteiger partial charge on any atom is -0.491 e. The van der Waals surface area contributed by atoms with E-state index in [-0.39, 0.29) is 0 Å². The Balaban J connectivity index is 1.71. The van der Waals surface area contributed by atoms with Crippen LogP contribution in [0.25, 0.3) is 10.9 Å². The molecule has 0 atom stereocenters. The highest BCUT2D eigenvalue weighted by Gasteiger charge is 2.09. The molecule has 2 aromatic heterocycles. The van der Waals surface area contributed by atoms with Crippen LogP contribution in [0, 0.1) is 0 Å². The molecule has 0 aliphatic carbocycles. The average molecular weight is 397 g/mol. The summed E-state index contributed by atoms with van der Waals surface area (Å²) in [6.07, 6.45) is 2.25. The summed E-state index contributed by atoms with van der Waals surface area (Å²) in [6, 6.07) is 8.74. The maximum absolute atomic E-state index is 11.5. The monoisotopic (exact) mass is 397 g/mol.